The molecular formula is C123H212N4. The first-order chi connectivity index (χ1) is 63.2. The van der Waals surface area contributed by atoms with Gasteiger partial charge in [-0.1, -0.05) is 560 Å². The van der Waals surface area contributed by atoms with E-state index in [1.807, 2.05) is 360 Å². The van der Waals surface area contributed by atoms with E-state index in [1.165, 1.54) is 112 Å². The van der Waals surface area contributed by atoms with Gasteiger partial charge in [-0.15, -0.1) is 0 Å². The van der Waals surface area contributed by atoms with E-state index in [9.17, 15) is 0 Å². The van der Waals surface area contributed by atoms with Crippen molar-refractivity contribution in [1.82, 2.24) is 0 Å². The highest BCUT2D eigenvalue weighted by Gasteiger charge is 2.30. The van der Waals surface area contributed by atoms with Gasteiger partial charge in [0.15, 0.2) is 0 Å². The number of fused-ring (bicyclic) bond motifs is 9. The Hall–Kier alpha value is -9.38. The molecule has 0 bridgehead atoms. The molecule has 11 aromatic carbocycles. The molecule has 0 atom stereocenters. The molecule has 0 saturated heterocycles. The van der Waals surface area contributed by atoms with Crippen LogP contribution in [0, 0.1) is 0 Å². The molecule has 3 aliphatic rings. The van der Waals surface area contributed by atoms with Crippen molar-refractivity contribution in [2.45, 2.75) is 379 Å². The normalized spacial score (nSPS) is 8.28. The molecule has 0 saturated carbocycles. The molecule has 0 aliphatic heterocycles. The van der Waals surface area contributed by atoms with E-state index in [0.717, 1.165) is 19.3 Å². The number of rotatable bonds is 12. The van der Waals surface area contributed by atoms with Gasteiger partial charge in [-0.05, 0) is 148 Å². The molecule has 4 heteroatoms. The van der Waals surface area contributed by atoms with Crippen molar-refractivity contribution in [1.29, 1.82) is 0 Å². The Kier molecular flexibility index (Phi) is 142. The van der Waals surface area contributed by atoms with Gasteiger partial charge in [-0.25, -0.2) is 0 Å². The summed E-state index contributed by atoms with van der Waals surface area (Å²) in [5.41, 5.74) is 26.1. The summed E-state index contributed by atoms with van der Waals surface area (Å²) in [6.07, 6.45) is 2.95. The maximum absolute atomic E-state index is 2.49. The van der Waals surface area contributed by atoms with Crippen LogP contribution in [0.2, 0.25) is 0 Å². The Morgan fingerprint density at radius 1 is 0.134 bits per heavy atom. The number of para-hydroxylation sites is 5. The van der Waals surface area contributed by atoms with Crippen molar-refractivity contribution in [3.05, 3.63) is 312 Å². The van der Waals surface area contributed by atoms with E-state index in [2.05, 4.69) is 299 Å². The Morgan fingerprint density at radius 3 is 0.441 bits per heavy atom. The van der Waals surface area contributed by atoms with Gasteiger partial charge in [0, 0.05) is 45.1 Å². The fourth-order valence-electron chi connectivity index (χ4n) is 11.7. The molecular weight excluding hydrogens is 1530 g/mol. The minimum Gasteiger partial charge on any atom is -0.323 e. The smallest absolute Gasteiger partial charge is 0.1000 e. The summed E-state index contributed by atoms with van der Waals surface area (Å²) in [6.45, 7) is 105. The van der Waals surface area contributed by atoms with Crippen molar-refractivity contribution < 1.29 is 0 Å². The van der Waals surface area contributed by atoms with Crippen LogP contribution < -0.4 is 19.6 Å². The molecule has 0 aromatic heterocycles. The van der Waals surface area contributed by atoms with Crippen molar-refractivity contribution in [2.75, 3.05) is 32.9 Å². The molecule has 3 aliphatic carbocycles. The molecule has 724 valence electrons. The lowest BCUT2D eigenvalue weighted by Gasteiger charge is -2.36. The third-order valence-electron chi connectivity index (χ3n) is 15.2. The molecule has 4 nitrogen and oxygen atoms in total. The first-order valence-electron chi connectivity index (χ1n) is 52.2. The average molecular weight is 1750 g/mol. The minimum atomic E-state index is 0.672. The van der Waals surface area contributed by atoms with Gasteiger partial charge in [0.25, 0.3) is 0 Å². The number of anilines is 8. The van der Waals surface area contributed by atoms with E-state index >= 15 is 0 Å². The van der Waals surface area contributed by atoms with Gasteiger partial charge in [-0.2, -0.15) is 0 Å². The van der Waals surface area contributed by atoms with E-state index in [0.29, 0.717) is 13.3 Å². The van der Waals surface area contributed by atoms with Crippen molar-refractivity contribution in [3.63, 3.8) is 0 Å². The van der Waals surface area contributed by atoms with Gasteiger partial charge >= 0.3 is 0 Å². The summed E-state index contributed by atoms with van der Waals surface area (Å²) in [5, 5.41) is 0. The van der Waals surface area contributed by atoms with Gasteiger partial charge in [0.2, 0.25) is 0 Å². The molecule has 14 rings (SSSR count). The summed E-state index contributed by atoms with van der Waals surface area (Å²) in [5.74, 6) is 0. The van der Waals surface area contributed by atoms with Gasteiger partial charge in [-0.3, -0.25) is 0 Å². The lowest BCUT2D eigenvalue weighted by atomic mass is 10.0. The third kappa shape index (κ3) is 53.3. The first-order valence-corrected chi connectivity index (χ1v) is 52.2. The zero-order valence-electron chi connectivity index (χ0n) is 93.9. The van der Waals surface area contributed by atoms with Gasteiger partial charge in [0.1, 0.15) is 0 Å². The van der Waals surface area contributed by atoms with Crippen LogP contribution in [0.1, 0.15) is 393 Å². The summed E-state index contributed by atoms with van der Waals surface area (Å²) in [4.78, 5) is 9.82. The van der Waals surface area contributed by atoms with E-state index in [4.69, 9.17) is 0 Å². The van der Waals surface area contributed by atoms with Gasteiger partial charge in [0.05, 0.1) is 30.4 Å². The van der Waals surface area contributed by atoms with Crippen molar-refractivity contribution in [2.24, 2.45) is 0 Å². The fourth-order valence-corrected chi connectivity index (χ4v) is 11.7. The maximum Gasteiger partial charge on any atom is 0.1000 e. The molecule has 11 aromatic rings. The molecule has 0 heterocycles. The number of benzene rings is 11. The third-order valence-corrected chi connectivity index (χ3v) is 15.2. The van der Waals surface area contributed by atoms with Crippen LogP contribution in [0.4, 0.5) is 45.5 Å². The van der Waals surface area contributed by atoms with Crippen molar-refractivity contribution >= 4 is 45.5 Å². The van der Waals surface area contributed by atoms with Crippen LogP contribution in [0.3, 0.4) is 0 Å². The summed E-state index contributed by atoms with van der Waals surface area (Å²) < 4.78 is 0. The van der Waals surface area contributed by atoms with Crippen LogP contribution in [0.15, 0.2) is 279 Å². The molecule has 0 amide bonds. The summed E-state index contributed by atoms with van der Waals surface area (Å²) in [7, 11) is 0. The first kappa shape index (κ1) is 149. The highest BCUT2D eigenvalue weighted by atomic mass is 15.3. The van der Waals surface area contributed by atoms with E-state index < -0.39 is 0 Å². The van der Waals surface area contributed by atoms with Crippen LogP contribution in [-0.2, 0) is 19.3 Å². The molecule has 0 radical (unpaired) electrons. The summed E-state index contributed by atoms with van der Waals surface area (Å²) >= 11 is 0. The molecule has 127 heavy (non-hydrogen) atoms. The lowest BCUT2D eigenvalue weighted by molar-refractivity contribution is 0.926. The van der Waals surface area contributed by atoms with E-state index in [-0.39, 0.29) is 0 Å². The Balaban J connectivity index is -0.000000112. The predicted molar refractivity (Wildman–Crippen MR) is 610 cm³/mol. The Morgan fingerprint density at radius 2 is 0.268 bits per heavy atom. The number of nitrogens with zero attached hydrogens (tertiary/aromatic N) is 4. The second kappa shape index (κ2) is 121. The molecule has 0 N–H and O–H groups in total. The van der Waals surface area contributed by atoms with E-state index in [1.54, 1.807) is 0 Å². The summed E-state index contributed by atoms with van der Waals surface area (Å²) in [6, 6.07) is 101. The zero-order chi connectivity index (χ0) is 102. The van der Waals surface area contributed by atoms with Crippen LogP contribution in [0.25, 0.3) is 33.4 Å². The average Bonchev–Trinajstić information content (AvgIpc) is 1.63. The second-order valence-corrected chi connectivity index (χ2v) is 19.6. The Bertz CT molecular complexity index is 3590. The largest absolute Gasteiger partial charge is 0.323 e. The highest BCUT2D eigenvalue weighted by molar-refractivity contribution is 5.93. The minimum absolute atomic E-state index is 0.672. The van der Waals surface area contributed by atoms with Crippen LogP contribution in [-0.4, -0.2) is 13.3 Å². The topological polar surface area (TPSA) is 13.0 Å². The monoisotopic (exact) mass is 1750 g/mol. The Labute approximate surface area is 798 Å². The fraction of sp³-hybridized carbons (Fsp3) is 0.463. The predicted octanol–water partition coefficient (Wildman–Crippen LogP) is 44.6. The van der Waals surface area contributed by atoms with Crippen LogP contribution in [0.5, 0.6) is 0 Å². The number of hydrogen-bond acceptors (Lipinski definition) is 4. The highest BCUT2D eigenvalue weighted by Crippen LogP contribution is 2.49. The number of hydrogen-bond donors (Lipinski definition) is 0. The standard InChI is InChI=1S/C39H30N2.C32H26N2.26C2H6/c1-3-17-32(18-4-1)40(36-23-11-15-30-25-28-13-7-9-21-34(28)38(30)36)27-41(33-19-5-2-6-20-33)37-24-12-16-31-26-29-14-8-10-22-35(29)39(31)37;1-4-15-27(16-5-1)33(28-17-6-2-7-18-28)24-34(29-19-8-3-9-20-29)31-22-12-14-26-23-25-13-10-11-21-30(25)32(26)31;26*1-2/h1-24H,25-27H2;1-22H,23-24H2;26*1-2H3. The SMILES string of the molecule is CC.CC.CC.CC.CC.CC.CC.CC.CC.CC.CC.CC.CC.CC.CC.CC.CC.CC.CC.CC.CC.CC.CC.CC.CC.CC.c1ccc(N(CN(c2ccccc2)c2cccc3c2-c2ccccc2C3)c2cccc3c2-c2ccccc2C3)cc1.c1ccc(N(CN(c2ccccc2)c2cccc3c2-c2ccccc2C3)c2ccccc2)cc1. The molecule has 0 unspecified atom stereocenters. The second-order valence-electron chi connectivity index (χ2n) is 19.6. The zero-order valence-corrected chi connectivity index (χ0v) is 93.9. The molecule has 0 spiro atoms. The lowest BCUT2D eigenvalue weighted by Crippen LogP contribution is -2.33. The van der Waals surface area contributed by atoms with Crippen molar-refractivity contribution in [3.8, 4) is 33.4 Å². The maximum atomic E-state index is 2.49. The molecule has 0 fully saturated rings. The van der Waals surface area contributed by atoms with Gasteiger partial charge < -0.3 is 19.6 Å². The van der Waals surface area contributed by atoms with Crippen LogP contribution >= 0.6 is 0 Å². The quantitative estimate of drug-likeness (QED) is 0.113.